The number of nitrogens with two attached hydrogens (primary N) is 1. The Morgan fingerprint density at radius 2 is 1.90 bits per heavy atom. The fourth-order valence-corrected chi connectivity index (χ4v) is 3.56. The average Bonchev–Trinajstić information content (AvgIpc) is 3.27. The maximum atomic E-state index is 11.9. The molecule has 0 aliphatic rings. The molecule has 2 N–H and O–H groups in total. The second-order valence-corrected chi connectivity index (χ2v) is 7.52. The molecule has 4 aromatic rings. The Balaban J connectivity index is 1.74. The highest BCUT2D eigenvalue weighted by molar-refractivity contribution is 6.37. The summed E-state index contributed by atoms with van der Waals surface area (Å²) in [7, 11) is 0. The van der Waals surface area contributed by atoms with Gasteiger partial charge >= 0.3 is 5.76 Å². The molecule has 0 saturated heterocycles. The number of primary amides is 1. The number of amides is 1. The van der Waals surface area contributed by atoms with Gasteiger partial charge in [-0.3, -0.25) is 9.32 Å². The van der Waals surface area contributed by atoms with E-state index in [-0.39, 0.29) is 33.3 Å². The molecule has 30 heavy (non-hydrogen) atoms. The van der Waals surface area contributed by atoms with E-state index in [2.05, 4.69) is 14.7 Å². The molecule has 0 spiro atoms. The number of hydrogen-bond donors (Lipinski definition) is 1. The summed E-state index contributed by atoms with van der Waals surface area (Å²) < 4.78 is 13.3. The minimum absolute atomic E-state index is 0.110. The molecule has 2 aromatic heterocycles. The topological polar surface area (TPSA) is 118 Å². The molecule has 0 radical (unpaired) electrons. The van der Waals surface area contributed by atoms with E-state index in [4.69, 9.17) is 33.7 Å². The number of nitrogens with zero attached hydrogens (tertiary/aromatic N) is 4. The van der Waals surface area contributed by atoms with Gasteiger partial charge in [-0.25, -0.2) is 14.3 Å². The Morgan fingerprint density at radius 1 is 1.20 bits per heavy atom. The lowest BCUT2D eigenvalue weighted by Gasteiger charge is -2.13. The summed E-state index contributed by atoms with van der Waals surface area (Å²) in [5.74, 6) is -1.54. The highest BCUT2D eigenvalue weighted by Crippen LogP contribution is 2.39. The Hall–Kier alpha value is -3.30. The average molecular weight is 448 g/mol. The fourth-order valence-electron chi connectivity index (χ4n) is 3.01. The van der Waals surface area contributed by atoms with E-state index >= 15 is 0 Å². The number of carbonyl (C=O) groups is 1. The Bertz CT molecular complexity index is 1320. The molecule has 11 heteroatoms. The van der Waals surface area contributed by atoms with Crippen molar-refractivity contribution in [1.82, 2.24) is 19.3 Å². The van der Waals surface area contributed by atoms with Crippen molar-refractivity contribution in [3.8, 4) is 17.2 Å². The predicted molar refractivity (Wildman–Crippen MR) is 111 cm³/mol. The summed E-state index contributed by atoms with van der Waals surface area (Å²) >= 11 is 12.7. The van der Waals surface area contributed by atoms with E-state index in [0.29, 0.717) is 5.75 Å². The third-order valence-corrected chi connectivity index (χ3v) is 4.95. The van der Waals surface area contributed by atoms with Crippen LogP contribution in [0.15, 0.2) is 46.0 Å². The quantitative estimate of drug-likeness (QED) is 0.494. The summed E-state index contributed by atoms with van der Waals surface area (Å²) in [4.78, 5) is 27.8. The maximum Gasteiger partial charge on any atom is 0.446 e. The van der Waals surface area contributed by atoms with Gasteiger partial charge in [-0.15, -0.1) is 0 Å². The summed E-state index contributed by atoms with van der Waals surface area (Å²) in [6.45, 7) is 4.10. The van der Waals surface area contributed by atoms with Gasteiger partial charge in [0.1, 0.15) is 5.75 Å². The lowest BCUT2D eigenvalue weighted by molar-refractivity contribution is 0.0985. The Morgan fingerprint density at radius 3 is 2.53 bits per heavy atom. The zero-order valence-electron chi connectivity index (χ0n) is 15.8. The van der Waals surface area contributed by atoms with Crippen LogP contribution in [0.1, 0.15) is 30.5 Å². The van der Waals surface area contributed by atoms with Gasteiger partial charge in [0, 0.05) is 12.1 Å². The third-order valence-electron chi connectivity index (χ3n) is 4.39. The van der Waals surface area contributed by atoms with Gasteiger partial charge in [-0.05, 0) is 43.3 Å². The lowest BCUT2D eigenvalue weighted by atomic mass is 10.2. The lowest BCUT2D eigenvalue weighted by Crippen LogP contribution is -2.22. The summed E-state index contributed by atoms with van der Waals surface area (Å²) in [6, 6.07) is 8.41. The number of aromatic nitrogens is 4. The molecule has 0 aliphatic heterocycles. The van der Waals surface area contributed by atoms with E-state index in [1.807, 2.05) is 30.5 Å². The molecule has 154 valence electrons. The Labute approximate surface area is 179 Å². The van der Waals surface area contributed by atoms with Crippen molar-refractivity contribution in [3.05, 3.63) is 63.1 Å². The number of rotatable bonds is 5. The maximum absolute atomic E-state index is 11.9. The standard InChI is InChI=1S/C19H15Cl2N5O4/c1-9(2)25-8-23-14-4-3-11(7-15(14)25)29-16-12(20)5-10(6-13(16)21)26-18(17(22)27)24-30-19(26)28/h3-9H,1-2H3,(H2,22,27). The van der Waals surface area contributed by atoms with Crippen LogP contribution < -0.4 is 16.2 Å². The normalized spacial score (nSPS) is 11.4. The number of fused-ring (bicyclic) bond motifs is 1. The highest BCUT2D eigenvalue weighted by atomic mass is 35.5. The van der Waals surface area contributed by atoms with Gasteiger partial charge in [-0.2, -0.15) is 0 Å². The largest absolute Gasteiger partial charge is 0.454 e. The van der Waals surface area contributed by atoms with Crippen LogP contribution in [0.3, 0.4) is 0 Å². The molecule has 0 bridgehead atoms. The van der Waals surface area contributed by atoms with E-state index in [1.54, 1.807) is 12.4 Å². The number of ether oxygens (including phenoxy) is 1. The minimum Gasteiger partial charge on any atom is -0.454 e. The zero-order chi connectivity index (χ0) is 21.6. The van der Waals surface area contributed by atoms with Crippen LogP contribution in [0.25, 0.3) is 16.7 Å². The number of carbonyl (C=O) groups excluding carboxylic acids is 1. The predicted octanol–water partition coefficient (Wildman–Crippen LogP) is 3.95. The smallest absolute Gasteiger partial charge is 0.446 e. The van der Waals surface area contributed by atoms with Crippen LogP contribution in [0.5, 0.6) is 11.5 Å². The van der Waals surface area contributed by atoms with Gasteiger partial charge in [0.2, 0.25) is 5.82 Å². The Kier molecular flexibility index (Phi) is 5.00. The van der Waals surface area contributed by atoms with Crippen LogP contribution >= 0.6 is 23.2 Å². The van der Waals surface area contributed by atoms with Gasteiger partial charge in [-0.1, -0.05) is 23.2 Å². The molecule has 0 saturated carbocycles. The van der Waals surface area contributed by atoms with E-state index in [9.17, 15) is 9.59 Å². The van der Waals surface area contributed by atoms with Gasteiger partial charge in [0.05, 0.1) is 33.1 Å². The fraction of sp³-hybridized carbons (Fsp3) is 0.158. The molecule has 0 unspecified atom stereocenters. The molecular weight excluding hydrogens is 433 g/mol. The van der Waals surface area contributed by atoms with Crippen LogP contribution in [0.2, 0.25) is 10.0 Å². The van der Waals surface area contributed by atoms with Crippen molar-refractivity contribution < 1.29 is 14.1 Å². The zero-order valence-corrected chi connectivity index (χ0v) is 17.3. The molecule has 2 aromatic carbocycles. The van der Waals surface area contributed by atoms with E-state index in [1.165, 1.54) is 12.1 Å². The van der Waals surface area contributed by atoms with Crippen molar-refractivity contribution in [2.75, 3.05) is 0 Å². The van der Waals surface area contributed by atoms with Crippen LogP contribution in [-0.2, 0) is 0 Å². The van der Waals surface area contributed by atoms with Crippen LogP contribution in [-0.4, -0.2) is 25.2 Å². The minimum atomic E-state index is -0.941. The highest BCUT2D eigenvalue weighted by Gasteiger charge is 2.20. The molecule has 0 aliphatic carbocycles. The second-order valence-electron chi connectivity index (χ2n) is 6.71. The molecule has 9 nitrogen and oxygen atoms in total. The molecule has 0 atom stereocenters. The molecular formula is C19H15Cl2N5O4. The van der Waals surface area contributed by atoms with Gasteiger partial charge in [0.25, 0.3) is 5.91 Å². The monoisotopic (exact) mass is 447 g/mol. The first-order valence-corrected chi connectivity index (χ1v) is 9.54. The number of halogens is 2. The third kappa shape index (κ3) is 3.42. The van der Waals surface area contributed by atoms with Crippen molar-refractivity contribution in [3.63, 3.8) is 0 Å². The summed E-state index contributed by atoms with van der Waals surface area (Å²) in [6.07, 6.45) is 1.76. The van der Waals surface area contributed by atoms with Gasteiger partial charge < -0.3 is 15.0 Å². The molecule has 4 rings (SSSR count). The second kappa shape index (κ2) is 7.51. The van der Waals surface area contributed by atoms with E-state index < -0.39 is 11.7 Å². The number of imidazole rings is 1. The SMILES string of the molecule is CC(C)n1cnc2ccc(Oc3c(Cl)cc(-n4c(C(N)=O)noc4=O)cc3Cl)cc21. The first-order valence-electron chi connectivity index (χ1n) is 8.78. The van der Waals surface area contributed by atoms with Crippen LogP contribution in [0.4, 0.5) is 0 Å². The summed E-state index contributed by atoms with van der Waals surface area (Å²) in [5, 5.41) is 3.58. The van der Waals surface area contributed by atoms with Crippen molar-refractivity contribution in [2.24, 2.45) is 5.73 Å². The first-order chi connectivity index (χ1) is 14.3. The number of hydrogen-bond acceptors (Lipinski definition) is 6. The van der Waals surface area contributed by atoms with E-state index in [0.717, 1.165) is 15.6 Å². The first kappa shape index (κ1) is 20.0. The molecule has 0 fully saturated rings. The molecule has 2 heterocycles. The number of benzene rings is 2. The van der Waals surface area contributed by atoms with Gasteiger partial charge in [0.15, 0.2) is 5.75 Å². The summed E-state index contributed by atoms with van der Waals surface area (Å²) in [5.41, 5.74) is 7.11. The van der Waals surface area contributed by atoms with Crippen molar-refractivity contribution >= 4 is 40.1 Å². The molecule has 1 amide bonds. The van der Waals surface area contributed by atoms with Crippen LogP contribution in [0, 0.1) is 0 Å². The van der Waals surface area contributed by atoms with Crippen molar-refractivity contribution in [2.45, 2.75) is 19.9 Å². The van der Waals surface area contributed by atoms with Crippen molar-refractivity contribution in [1.29, 1.82) is 0 Å².